The summed E-state index contributed by atoms with van der Waals surface area (Å²) in [5.74, 6) is 0.672. The first-order valence-electron chi connectivity index (χ1n) is 6.34. The minimum Gasteiger partial charge on any atom is -0.370 e. The highest BCUT2D eigenvalue weighted by Crippen LogP contribution is 2.38. The van der Waals surface area contributed by atoms with Crippen molar-refractivity contribution in [2.45, 2.75) is 37.8 Å². The van der Waals surface area contributed by atoms with Gasteiger partial charge in [0.2, 0.25) is 0 Å². The summed E-state index contributed by atoms with van der Waals surface area (Å²) >= 11 is 6.29. The second kappa shape index (κ2) is 3.90. The van der Waals surface area contributed by atoms with E-state index in [4.69, 9.17) is 16.3 Å². The molecule has 2 aromatic rings. The van der Waals surface area contributed by atoms with Crippen molar-refractivity contribution in [2.75, 3.05) is 6.61 Å². The minimum absolute atomic E-state index is 0.0158. The Kier molecular flexibility index (Phi) is 2.32. The lowest BCUT2D eigenvalue weighted by Gasteiger charge is -2.08. The lowest BCUT2D eigenvalue weighted by atomic mass is 10.2. The third kappa shape index (κ3) is 1.61. The van der Waals surface area contributed by atoms with Crippen LogP contribution in [0.15, 0.2) is 6.33 Å². The first-order chi connectivity index (χ1) is 8.83. The maximum Gasteiger partial charge on any atom is 0.182 e. The summed E-state index contributed by atoms with van der Waals surface area (Å²) in [4.78, 5) is 13.2. The first-order valence-corrected chi connectivity index (χ1v) is 6.72. The van der Waals surface area contributed by atoms with Crippen molar-refractivity contribution < 1.29 is 4.74 Å². The second-order valence-electron chi connectivity index (χ2n) is 4.93. The number of nitrogens with zero attached hydrogens (tertiary/aromatic N) is 4. The van der Waals surface area contributed by atoms with E-state index in [9.17, 15) is 0 Å². The van der Waals surface area contributed by atoms with Gasteiger partial charge in [-0.05, 0) is 25.7 Å². The number of hydrogen-bond acceptors (Lipinski definition) is 4. The van der Waals surface area contributed by atoms with E-state index < -0.39 is 0 Å². The largest absolute Gasteiger partial charge is 0.370 e. The van der Waals surface area contributed by atoms with E-state index in [1.54, 1.807) is 0 Å². The van der Waals surface area contributed by atoms with E-state index in [-0.39, 0.29) is 6.10 Å². The van der Waals surface area contributed by atoms with Gasteiger partial charge in [0.1, 0.15) is 11.6 Å². The van der Waals surface area contributed by atoms with Gasteiger partial charge >= 0.3 is 0 Å². The van der Waals surface area contributed by atoms with E-state index in [2.05, 4.69) is 19.5 Å². The van der Waals surface area contributed by atoms with Crippen LogP contribution in [0.2, 0.25) is 5.15 Å². The summed E-state index contributed by atoms with van der Waals surface area (Å²) in [7, 11) is 0. The van der Waals surface area contributed by atoms with Gasteiger partial charge in [0.05, 0.1) is 6.33 Å². The average Bonchev–Trinajstić information content (AvgIpc) is 2.93. The van der Waals surface area contributed by atoms with Gasteiger partial charge < -0.3 is 9.30 Å². The van der Waals surface area contributed by atoms with Crippen molar-refractivity contribution in [1.29, 1.82) is 0 Å². The highest BCUT2D eigenvalue weighted by atomic mass is 35.5. The van der Waals surface area contributed by atoms with E-state index in [0.717, 1.165) is 25.0 Å². The van der Waals surface area contributed by atoms with Crippen LogP contribution in [0.4, 0.5) is 0 Å². The molecule has 2 fully saturated rings. The Morgan fingerprint density at radius 1 is 1.28 bits per heavy atom. The van der Waals surface area contributed by atoms with Crippen LogP contribution in [0.3, 0.4) is 0 Å². The van der Waals surface area contributed by atoms with Gasteiger partial charge in [-0.1, -0.05) is 11.6 Å². The molecule has 0 spiro atoms. The number of ether oxygens (including phenoxy) is 1. The molecular weight excluding hydrogens is 252 g/mol. The summed E-state index contributed by atoms with van der Waals surface area (Å²) in [5, 5.41) is 0.495. The SMILES string of the molecule is Clc1nc(C2CCCO2)nc2ncn(C3CC3)c12. The molecule has 3 heterocycles. The van der Waals surface area contributed by atoms with Gasteiger partial charge in [-0.2, -0.15) is 0 Å². The molecule has 2 aliphatic rings. The molecule has 6 heteroatoms. The van der Waals surface area contributed by atoms with Crippen molar-refractivity contribution in [1.82, 2.24) is 19.5 Å². The fraction of sp³-hybridized carbons (Fsp3) is 0.583. The second-order valence-corrected chi connectivity index (χ2v) is 5.29. The monoisotopic (exact) mass is 264 g/mol. The standard InChI is InChI=1S/C12H13ClN4O/c13-10-9-12(14-6-17(9)7-3-4-7)16-11(15-10)8-2-1-5-18-8/h6-8H,1-5H2. The van der Waals surface area contributed by atoms with Crippen molar-refractivity contribution >= 4 is 22.8 Å². The maximum absolute atomic E-state index is 6.29. The summed E-state index contributed by atoms with van der Waals surface area (Å²) in [6.45, 7) is 0.778. The normalized spacial score (nSPS) is 23.9. The molecule has 0 amide bonds. The number of rotatable bonds is 2. The van der Waals surface area contributed by atoms with Gasteiger partial charge in [0.25, 0.3) is 0 Å². The van der Waals surface area contributed by atoms with Crippen LogP contribution >= 0.6 is 11.6 Å². The quantitative estimate of drug-likeness (QED) is 0.783. The highest BCUT2D eigenvalue weighted by molar-refractivity contribution is 6.33. The zero-order chi connectivity index (χ0) is 12.1. The Bertz CT molecular complexity index is 601. The van der Waals surface area contributed by atoms with Crippen LogP contribution < -0.4 is 0 Å². The summed E-state index contributed by atoms with van der Waals surface area (Å²) in [6.07, 6.45) is 6.20. The molecule has 2 aromatic heterocycles. The molecule has 1 aliphatic carbocycles. The molecule has 1 unspecified atom stereocenters. The molecule has 0 aromatic carbocycles. The summed E-state index contributed by atoms with van der Waals surface area (Å²) in [5.41, 5.74) is 1.55. The lowest BCUT2D eigenvalue weighted by Crippen LogP contribution is -2.04. The van der Waals surface area contributed by atoms with E-state index in [1.807, 2.05) is 6.33 Å². The number of halogens is 1. The molecule has 1 atom stereocenters. The zero-order valence-corrected chi connectivity index (χ0v) is 10.6. The zero-order valence-electron chi connectivity index (χ0n) is 9.84. The van der Waals surface area contributed by atoms with Crippen LogP contribution in [0.5, 0.6) is 0 Å². The molecule has 1 saturated carbocycles. The van der Waals surface area contributed by atoms with Gasteiger partial charge in [-0.15, -0.1) is 0 Å². The van der Waals surface area contributed by atoms with Gasteiger partial charge in [-0.25, -0.2) is 15.0 Å². The minimum atomic E-state index is -0.0158. The Hall–Kier alpha value is -1.20. The molecule has 4 rings (SSSR count). The first kappa shape index (κ1) is 10.7. The maximum atomic E-state index is 6.29. The van der Waals surface area contributed by atoms with Gasteiger partial charge in [-0.3, -0.25) is 0 Å². The summed E-state index contributed by atoms with van der Waals surface area (Å²) < 4.78 is 7.69. The molecular formula is C12H13ClN4O. The topological polar surface area (TPSA) is 52.8 Å². The van der Waals surface area contributed by atoms with Crippen LogP contribution in [-0.2, 0) is 4.74 Å². The van der Waals surface area contributed by atoms with Crippen molar-refractivity contribution in [2.24, 2.45) is 0 Å². The van der Waals surface area contributed by atoms with Gasteiger partial charge in [0, 0.05) is 12.6 Å². The molecule has 1 saturated heterocycles. The van der Waals surface area contributed by atoms with Crippen LogP contribution in [0.1, 0.15) is 43.7 Å². The van der Waals surface area contributed by atoms with Crippen molar-refractivity contribution in [3.05, 3.63) is 17.3 Å². The number of aromatic nitrogens is 4. The highest BCUT2D eigenvalue weighted by Gasteiger charge is 2.28. The third-order valence-corrected chi connectivity index (χ3v) is 3.82. The molecule has 0 bridgehead atoms. The van der Waals surface area contributed by atoms with Gasteiger partial charge in [0.15, 0.2) is 16.6 Å². The number of hydrogen-bond donors (Lipinski definition) is 0. The smallest absolute Gasteiger partial charge is 0.182 e. The van der Waals surface area contributed by atoms with Crippen LogP contribution in [0, 0.1) is 0 Å². The number of fused-ring (bicyclic) bond motifs is 1. The third-order valence-electron chi connectivity index (χ3n) is 3.56. The Balaban J connectivity index is 1.83. The van der Waals surface area contributed by atoms with Crippen molar-refractivity contribution in [3.8, 4) is 0 Å². The van der Waals surface area contributed by atoms with E-state index in [0.29, 0.717) is 22.7 Å². The molecule has 1 aliphatic heterocycles. The molecule has 5 nitrogen and oxygen atoms in total. The fourth-order valence-electron chi connectivity index (χ4n) is 2.47. The fourth-order valence-corrected chi connectivity index (χ4v) is 2.74. The predicted octanol–water partition coefficient (Wildman–Crippen LogP) is 2.67. The number of imidazole rings is 1. The summed E-state index contributed by atoms with van der Waals surface area (Å²) in [6, 6.07) is 0.532. The van der Waals surface area contributed by atoms with Crippen LogP contribution in [-0.4, -0.2) is 26.1 Å². The average molecular weight is 265 g/mol. The molecule has 0 radical (unpaired) electrons. The molecule has 18 heavy (non-hydrogen) atoms. The Morgan fingerprint density at radius 3 is 2.89 bits per heavy atom. The lowest BCUT2D eigenvalue weighted by molar-refractivity contribution is 0.105. The van der Waals surface area contributed by atoms with E-state index in [1.165, 1.54) is 12.8 Å². The van der Waals surface area contributed by atoms with Crippen LogP contribution in [0.25, 0.3) is 11.2 Å². The molecule has 0 N–H and O–H groups in total. The molecule has 94 valence electrons. The predicted molar refractivity (Wildman–Crippen MR) is 66.5 cm³/mol. The Labute approximate surface area is 109 Å². The Morgan fingerprint density at radius 2 is 2.17 bits per heavy atom. The van der Waals surface area contributed by atoms with Crippen molar-refractivity contribution in [3.63, 3.8) is 0 Å². The van der Waals surface area contributed by atoms with E-state index >= 15 is 0 Å².